The van der Waals surface area contributed by atoms with Crippen LogP contribution in [0.4, 0.5) is 4.79 Å². The third kappa shape index (κ3) is 8.79. The number of ether oxygens (including phenoxy) is 1. The summed E-state index contributed by atoms with van der Waals surface area (Å²) in [5, 5.41) is 9.57. The van der Waals surface area contributed by atoms with E-state index in [-0.39, 0.29) is 61.3 Å². The molecule has 2 aliphatic heterocycles. The predicted molar refractivity (Wildman–Crippen MR) is 260 cm³/mol. The maximum atomic E-state index is 15.1. The molecule has 350 valence electrons. The minimum absolute atomic E-state index is 0.0947. The molecule has 5 amide bonds. The van der Waals surface area contributed by atoms with Crippen LogP contribution >= 0.6 is 0 Å². The fourth-order valence-corrected chi connectivity index (χ4v) is 11.7. The van der Waals surface area contributed by atoms with E-state index in [1.165, 1.54) is 11.1 Å². The Balaban J connectivity index is 0.882. The molecule has 0 aromatic heterocycles. The van der Waals surface area contributed by atoms with E-state index in [9.17, 15) is 19.2 Å². The van der Waals surface area contributed by atoms with Crippen LogP contribution in [0.3, 0.4) is 0 Å². The van der Waals surface area contributed by atoms with Crippen molar-refractivity contribution in [2.45, 2.75) is 121 Å². The van der Waals surface area contributed by atoms with Crippen molar-refractivity contribution in [2.75, 3.05) is 13.2 Å². The van der Waals surface area contributed by atoms with Crippen LogP contribution in [0.5, 0.6) is 0 Å². The molecule has 10 rings (SSSR count). The standard InChI is InChI=1S/C57H61N5O6/c1-57(2,3)52(60-56(67)68-33-47-45-22-10-8-20-43(45)44-21-9-11-23-46(44)47)55(66)62-32-40(30-51(62)54(65)59-49-25-13-17-36-15-5-7-19-42(36)49)37-26-27-38-29-50(61(34-63)31-39(38)28-37)53(64)58-48-24-12-16-35-14-4-6-18-41(35)48/h4-11,14-15,18-23,26-28,34,40,47-52H,12-13,16-17,24-25,29-33H2,1-3H3,(H,58,64)(H,59,65)(H,60,67)/t40?,48?,49-,50+,51+,52-/m1/s1. The summed E-state index contributed by atoms with van der Waals surface area (Å²) in [5.74, 6) is -1.10. The lowest BCUT2D eigenvalue weighted by Gasteiger charge is -2.36. The van der Waals surface area contributed by atoms with Crippen molar-refractivity contribution < 1.29 is 28.7 Å². The lowest BCUT2D eigenvalue weighted by atomic mass is 9.85. The van der Waals surface area contributed by atoms with Gasteiger partial charge in [-0.15, -0.1) is 0 Å². The molecule has 11 nitrogen and oxygen atoms in total. The molecule has 0 bridgehead atoms. The number of rotatable bonds is 10. The Kier molecular flexibility index (Phi) is 12.4. The molecule has 3 aliphatic carbocycles. The van der Waals surface area contributed by atoms with Gasteiger partial charge in [-0.3, -0.25) is 19.2 Å². The Morgan fingerprint density at radius 3 is 1.84 bits per heavy atom. The molecule has 1 saturated heterocycles. The fraction of sp³-hybridized carbons (Fsp3) is 0.386. The van der Waals surface area contributed by atoms with E-state index < -0.39 is 29.6 Å². The number of hydrogen-bond donors (Lipinski definition) is 3. The first-order chi connectivity index (χ1) is 32.9. The van der Waals surface area contributed by atoms with Gasteiger partial charge in [-0.05, 0) is 112 Å². The first-order valence-electron chi connectivity index (χ1n) is 24.5. The summed E-state index contributed by atoms with van der Waals surface area (Å²) in [5.41, 5.74) is 11.3. The van der Waals surface area contributed by atoms with Gasteiger partial charge in [0.15, 0.2) is 0 Å². The minimum atomic E-state index is -1.00. The van der Waals surface area contributed by atoms with Crippen LogP contribution < -0.4 is 16.0 Å². The SMILES string of the molecule is CC(C)(C)[C@H](NC(=O)OCC1c2ccccc2-c2ccccc21)C(=O)N1CC(c2ccc3c(c2)CN(C=O)[C@H](C(=O)NC2CCCc4ccccc42)C3)C[C@H]1C(=O)N[C@@H]1CCCc2ccccc21. The third-order valence-corrected chi connectivity index (χ3v) is 15.3. The maximum absolute atomic E-state index is 15.1. The molecular formula is C57H61N5O6. The zero-order valence-electron chi connectivity index (χ0n) is 39.2. The second-order valence-electron chi connectivity index (χ2n) is 20.5. The summed E-state index contributed by atoms with van der Waals surface area (Å²) >= 11 is 0. The number of aryl methyl sites for hydroxylation is 2. The van der Waals surface area contributed by atoms with Gasteiger partial charge in [0.2, 0.25) is 24.1 Å². The quantitative estimate of drug-likeness (QED) is 0.120. The van der Waals surface area contributed by atoms with Crippen LogP contribution in [0.25, 0.3) is 11.1 Å². The van der Waals surface area contributed by atoms with Crippen molar-refractivity contribution in [1.29, 1.82) is 0 Å². The van der Waals surface area contributed by atoms with Crippen molar-refractivity contribution in [3.63, 3.8) is 0 Å². The number of nitrogens with one attached hydrogen (secondary N) is 3. The summed E-state index contributed by atoms with van der Waals surface area (Å²) in [6, 6.07) is 36.2. The molecular weight excluding hydrogens is 851 g/mol. The number of amides is 5. The zero-order chi connectivity index (χ0) is 47.1. The lowest BCUT2D eigenvalue weighted by molar-refractivity contribution is -0.142. The summed E-state index contributed by atoms with van der Waals surface area (Å²) in [4.78, 5) is 73.4. The van der Waals surface area contributed by atoms with E-state index in [2.05, 4.69) is 70.5 Å². The first kappa shape index (κ1) is 45.1. The highest BCUT2D eigenvalue weighted by Crippen LogP contribution is 2.45. The number of carbonyl (C=O) groups is 5. The molecule has 0 spiro atoms. The van der Waals surface area contributed by atoms with Crippen LogP contribution in [0.1, 0.15) is 127 Å². The average molecular weight is 912 g/mol. The van der Waals surface area contributed by atoms with Gasteiger partial charge in [-0.25, -0.2) is 4.79 Å². The van der Waals surface area contributed by atoms with E-state index in [1.54, 1.807) is 9.80 Å². The molecule has 5 aromatic carbocycles. The molecule has 0 radical (unpaired) electrons. The summed E-state index contributed by atoms with van der Waals surface area (Å²) < 4.78 is 5.97. The first-order valence-corrected chi connectivity index (χ1v) is 24.5. The van der Waals surface area contributed by atoms with Crippen molar-refractivity contribution in [2.24, 2.45) is 5.41 Å². The van der Waals surface area contributed by atoms with Gasteiger partial charge < -0.3 is 30.5 Å². The molecule has 6 atom stereocenters. The number of likely N-dealkylation sites (tertiary alicyclic amines) is 1. The summed E-state index contributed by atoms with van der Waals surface area (Å²) in [6.07, 6.45) is 6.35. The highest BCUT2D eigenvalue weighted by Gasteiger charge is 2.46. The Morgan fingerprint density at radius 2 is 1.25 bits per heavy atom. The Morgan fingerprint density at radius 1 is 0.691 bits per heavy atom. The molecule has 11 heteroatoms. The molecule has 68 heavy (non-hydrogen) atoms. The summed E-state index contributed by atoms with van der Waals surface area (Å²) in [7, 11) is 0. The zero-order valence-corrected chi connectivity index (χ0v) is 39.2. The van der Waals surface area contributed by atoms with Crippen LogP contribution in [-0.4, -0.2) is 71.3 Å². The molecule has 5 aromatic rings. The third-order valence-electron chi connectivity index (χ3n) is 15.3. The number of fused-ring (bicyclic) bond motifs is 6. The average Bonchev–Trinajstić information content (AvgIpc) is 3.94. The highest BCUT2D eigenvalue weighted by atomic mass is 16.5. The second-order valence-corrected chi connectivity index (χ2v) is 20.5. The monoisotopic (exact) mass is 911 g/mol. The molecule has 2 unspecified atom stereocenters. The molecule has 3 N–H and O–H groups in total. The molecule has 0 saturated carbocycles. The fourth-order valence-electron chi connectivity index (χ4n) is 11.7. The number of nitrogens with zero attached hydrogens (tertiary/aromatic N) is 2. The van der Waals surface area contributed by atoms with Crippen molar-refractivity contribution in [1.82, 2.24) is 25.8 Å². The van der Waals surface area contributed by atoms with Gasteiger partial charge in [-0.2, -0.15) is 0 Å². The molecule has 1 fully saturated rings. The van der Waals surface area contributed by atoms with Gasteiger partial charge in [-0.1, -0.05) is 136 Å². The van der Waals surface area contributed by atoms with Gasteiger partial charge in [0.1, 0.15) is 24.7 Å². The van der Waals surface area contributed by atoms with Crippen molar-refractivity contribution in [3.8, 4) is 11.1 Å². The predicted octanol–water partition coefficient (Wildman–Crippen LogP) is 8.60. The number of carbonyl (C=O) groups excluding carboxylic acids is 5. The second kappa shape index (κ2) is 18.7. The van der Waals surface area contributed by atoms with Crippen LogP contribution in [0, 0.1) is 5.41 Å². The van der Waals surface area contributed by atoms with E-state index in [4.69, 9.17) is 4.74 Å². The van der Waals surface area contributed by atoms with Crippen molar-refractivity contribution in [3.05, 3.63) is 165 Å². The minimum Gasteiger partial charge on any atom is -0.449 e. The Hall–Kier alpha value is -6.75. The van der Waals surface area contributed by atoms with Crippen LogP contribution in [-0.2, 0) is 49.7 Å². The topological polar surface area (TPSA) is 137 Å². The van der Waals surface area contributed by atoms with Crippen molar-refractivity contribution >= 4 is 30.2 Å². The largest absolute Gasteiger partial charge is 0.449 e. The summed E-state index contributed by atoms with van der Waals surface area (Å²) in [6.45, 7) is 6.34. The van der Waals surface area contributed by atoms with E-state index >= 15 is 4.79 Å². The highest BCUT2D eigenvalue weighted by molar-refractivity contribution is 5.93. The van der Waals surface area contributed by atoms with Crippen LogP contribution in [0.2, 0.25) is 0 Å². The van der Waals surface area contributed by atoms with Gasteiger partial charge in [0, 0.05) is 31.3 Å². The molecule has 2 heterocycles. The number of alkyl carbamates (subject to hydrolysis) is 1. The van der Waals surface area contributed by atoms with E-state index in [0.717, 1.165) is 95.0 Å². The smallest absolute Gasteiger partial charge is 0.407 e. The normalized spacial score (nSPS) is 22.1. The number of benzene rings is 5. The Bertz CT molecular complexity index is 2720. The maximum Gasteiger partial charge on any atom is 0.407 e. The Labute approximate surface area is 399 Å². The van der Waals surface area contributed by atoms with Gasteiger partial charge in [0.25, 0.3) is 0 Å². The van der Waals surface area contributed by atoms with E-state index in [0.29, 0.717) is 12.8 Å². The molecule has 5 aliphatic rings. The van der Waals surface area contributed by atoms with Crippen LogP contribution in [0.15, 0.2) is 115 Å². The van der Waals surface area contributed by atoms with Gasteiger partial charge in [0.05, 0.1) is 12.1 Å². The number of hydrogen-bond acceptors (Lipinski definition) is 6. The van der Waals surface area contributed by atoms with Gasteiger partial charge >= 0.3 is 6.09 Å². The lowest BCUT2D eigenvalue weighted by Crippen LogP contribution is -2.58. The van der Waals surface area contributed by atoms with E-state index in [1.807, 2.05) is 81.4 Å².